The number of benzene rings is 2. The van der Waals surface area contributed by atoms with E-state index in [2.05, 4.69) is 4.72 Å². The van der Waals surface area contributed by atoms with E-state index < -0.39 is 10.0 Å². The maximum Gasteiger partial charge on any atom is 0.240 e. The maximum atomic E-state index is 12.7. The number of rotatable bonds is 4. The summed E-state index contributed by atoms with van der Waals surface area (Å²) in [6.45, 7) is 6.25. The first kappa shape index (κ1) is 18.9. The number of fused-ring (bicyclic) bond motifs is 1. The van der Waals surface area contributed by atoms with E-state index in [0.717, 1.165) is 16.8 Å². The van der Waals surface area contributed by atoms with Crippen molar-refractivity contribution in [1.82, 2.24) is 4.72 Å². The third-order valence-corrected chi connectivity index (χ3v) is 6.26. The number of carbonyl (C=O) groups excluding carboxylic acids is 1. The zero-order valence-electron chi connectivity index (χ0n) is 14.9. The molecule has 2 aromatic rings. The minimum absolute atomic E-state index is 0.0479. The van der Waals surface area contributed by atoms with Crippen LogP contribution < -0.4 is 9.62 Å². The molecule has 0 aromatic heterocycles. The van der Waals surface area contributed by atoms with E-state index in [-0.39, 0.29) is 22.8 Å². The van der Waals surface area contributed by atoms with E-state index >= 15 is 0 Å². The molecular weight excluding hydrogens is 372 g/mol. The van der Waals surface area contributed by atoms with Gasteiger partial charge in [-0.05, 0) is 41.5 Å². The Morgan fingerprint density at radius 3 is 2.46 bits per heavy atom. The molecule has 0 saturated heterocycles. The molecule has 26 heavy (non-hydrogen) atoms. The van der Waals surface area contributed by atoms with Gasteiger partial charge in [0, 0.05) is 36.1 Å². The SMILES string of the molecule is CC(=O)N1CC(C)(C)c2cc(S(=O)(=O)NCc3ccc(Cl)cc3)ccc21. The van der Waals surface area contributed by atoms with Crippen molar-refractivity contribution < 1.29 is 13.2 Å². The van der Waals surface area contributed by atoms with E-state index in [0.29, 0.717) is 11.6 Å². The second-order valence-corrected chi connectivity index (χ2v) is 9.32. The number of amides is 1. The molecule has 2 aromatic carbocycles. The predicted octanol–water partition coefficient (Wildman–Crippen LogP) is 3.46. The van der Waals surface area contributed by atoms with Crippen LogP contribution in [0.25, 0.3) is 0 Å². The molecule has 0 aliphatic carbocycles. The van der Waals surface area contributed by atoms with Crippen molar-refractivity contribution in [2.45, 2.75) is 37.6 Å². The maximum absolute atomic E-state index is 12.7. The van der Waals surface area contributed by atoms with Gasteiger partial charge in [-0.15, -0.1) is 0 Å². The fraction of sp³-hybridized carbons (Fsp3) is 0.316. The summed E-state index contributed by atoms with van der Waals surface area (Å²) in [6, 6.07) is 11.9. The summed E-state index contributed by atoms with van der Waals surface area (Å²) in [7, 11) is -3.66. The normalized spacial score (nSPS) is 15.8. The molecule has 0 spiro atoms. The van der Waals surface area contributed by atoms with E-state index in [1.807, 2.05) is 13.8 Å². The van der Waals surface area contributed by atoms with Crippen LogP contribution in [0.3, 0.4) is 0 Å². The lowest BCUT2D eigenvalue weighted by molar-refractivity contribution is -0.116. The zero-order chi connectivity index (χ0) is 19.1. The van der Waals surface area contributed by atoms with Gasteiger partial charge in [0.1, 0.15) is 0 Å². The quantitative estimate of drug-likeness (QED) is 0.866. The Balaban J connectivity index is 1.87. The van der Waals surface area contributed by atoms with Crippen LogP contribution in [0.2, 0.25) is 5.02 Å². The fourth-order valence-electron chi connectivity index (χ4n) is 3.17. The first-order valence-electron chi connectivity index (χ1n) is 8.27. The summed E-state index contributed by atoms with van der Waals surface area (Å²) in [5.74, 6) is -0.0479. The molecule has 7 heteroatoms. The molecule has 1 heterocycles. The topological polar surface area (TPSA) is 66.5 Å². The highest BCUT2D eigenvalue weighted by Crippen LogP contribution is 2.41. The second-order valence-electron chi connectivity index (χ2n) is 7.12. The summed E-state index contributed by atoms with van der Waals surface area (Å²) >= 11 is 5.85. The molecule has 1 N–H and O–H groups in total. The standard InChI is InChI=1S/C19H21ClN2O3S/c1-13(23)22-12-19(2,3)17-10-16(8-9-18(17)22)26(24,25)21-11-14-4-6-15(20)7-5-14/h4-10,21H,11-12H2,1-3H3. The number of halogens is 1. The summed E-state index contributed by atoms with van der Waals surface area (Å²) < 4.78 is 28.0. The lowest BCUT2D eigenvalue weighted by Crippen LogP contribution is -2.31. The van der Waals surface area contributed by atoms with Crippen molar-refractivity contribution in [3.8, 4) is 0 Å². The number of anilines is 1. The average molecular weight is 393 g/mol. The number of hydrogen-bond acceptors (Lipinski definition) is 3. The number of sulfonamides is 1. The van der Waals surface area contributed by atoms with Gasteiger partial charge in [-0.25, -0.2) is 13.1 Å². The van der Waals surface area contributed by atoms with Gasteiger partial charge in [0.05, 0.1) is 4.90 Å². The van der Waals surface area contributed by atoms with Crippen molar-refractivity contribution >= 4 is 33.2 Å². The number of hydrogen-bond donors (Lipinski definition) is 1. The molecule has 3 rings (SSSR count). The first-order valence-corrected chi connectivity index (χ1v) is 10.1. The van der Waals surface area contributed by atoms with E-state index in [1.54, 1.807) is 47.4 Å². The summed E-state index contributed by atoms with van der Waals surface area (Å²) in [6.07, 6.45) is 0. The van der Waals surface area contributed by atoms with Crippen molar-refractivity contribution in [1.29, 1.82) is 0 Å². The monoisotopic (exact) mass is 392 g/mol. The smallest absolute Gasteiger partial charge is 0.240 e. The molecular formula is C19H21ClN2O3S. The van der Waals surface area contributed by atoms with Gasteiger partial charge >= 0.3 is 0 Å². The molecule has 0 radical (unpaired) electrons. The Morgan fingerprint density at radius 1 is 1.19 bits per heavy atom. The van der Waals surface area contributed by atoms with Crippen molar-refractivity contribution in [3.05, 3.63) is 58.6 Å². The third-order valence-electron chi connectivity index (χ3n) is 4.61. The Kier molecular flexibility index (Phi) is 4.86. The molecule has 1 aliphatic rings. The van der Waals surface area contributed by atoms with Crippen molar-refractivity contribution in [2.75, 3.05) is 11.4 Å². The molecule has 0 fully saturated rings. The zero-order valence-corrected chi connectivity index (χ0v) is 16.5. The van der Waals surface area contributed by atoms with Gasteiger partial charge in [-0.3, -0.25) is 4.79 Å². The Bertz CT molecular complexity index is 953. The second kappa shape index (κ2) is 6.68. The van der Waals surface area contributed by atoms with Crippen LogP contribution >= 0.6 is 11.6 Å². The Hall–Kier alpha value is -1.89. The molecule has 1 amide bonds. The van der Waals surface area contributed by atoms with Gasteiger partial charge in [0.2, 0.25) is 15.9 Å². The molecule has 0 bridgehead atoms. The lowest BCUT2D eigenvalue weighted by Gasteiger charge is -2.19. The third kappa shape index (κ3) is 3.63. The van der Waals surface area contributed by atoms with Crippen LogP contribution in [-0.4, -0.2) is 20.9 Å². The van der Waals surface area contributed by atoms with Crippen molar-refractivity contribution in [3.63, 3.8) is 0 Å². The summed E-state index contributed by atoms with van der Waals surface area (Å²) in [5, 5.41) is 0.604. The summed E-state index contributed by atoms with van der Waals surface area (Å²) in [5.41, 5.74) is 2.16. The summed E-state index contributed by atoms with van der Waals surface area (Å²) in [4.78, 5) is 13.7. The molecule has 138 valence electrons. The molecule has 0 atom stereocenters. The van der Waals surface area contributed by atoms with Crippen molar-refractivity contribution in [2.24, 2.45) is 0 Å². The highest BCUT2D eigenvalue weighted by Gasteiger charge is 2.37. The average Bonchev–Trinajstić information content (AvgIpc) is 2.86. The van der Waals surface area contributed by atoms with Gasteiger partial charge in [0.15, 0.2) is 0 Å². The van der Waals surface area contributed by atoms with Crippen LogP contribution in [0, 0.1) is 0 Å². The fourth-order valence-corrected chi connectivity index (χ4v) is 4.34. The Labute approximate surface area is 159 Å². The van der Waals surface area contributed by atoms with Crippen LogP contribution in [0.5, 0.6) is 0 Å². The number of nitrogens with zero attached hydrogens (tertiary/aromatic N) is 1. The number of carbonyl (C=O) groups is 1. The predicted molar refractivity (Wildman–Crippen MR) is 103 cm³/mol. The molecule has 0 saturated carbocycles. The Morgan fingerprint density at radius 2 is 1.85 bits per heavy atom. The first-order chi connectivity index (χ1) is 12.1. The van der Waals surface area contributed by atoms with Gasteiger partial charge < -0.3 is 4.90 Å². The molecule has 5 nitrogen and oxygen atoms in total. The number of nitrogens with one attached hydrogen (secondary N) is 1. The van der Waals surface area contributed by atoms with Crippen LogP contribution in [-0.2, 0) is 26.8 Å². The minimum atomic E-state index is -3.66. The van der Waals surface area contributed by atoms with E-state index in [9.17, 15) is 13.2 Å². The van der Waals surface area contributed by atoms with Crippen LogP contribution in [0.15, 0.2) is 47.4 Å². The minimum Gasteiger partial charge on any atom is -0.311 e. The van der Waals surface area contributed by atoms with Crippen LogP contribution in [0.4, 0.5) is 5.69 Å². The molecule has 0 unspecified atom stereocenters. The van der Waals surface area contributed by atoms with Gasteiger partial charge in [-0.1, -0.05) is 37.6 Å². The lowest BCUT2D eigenvalue weighted by atomic mass is 9.87. The largest absolute Gasteiger partial charge is 0.311 e. The van der Waals surface area contributed by atoms with Crippen LogP contribution in [0.1, 0.15) is 31.9 Å². The van der Waals surface area contributed by atoms with Gasteiger partial charge in [-0.2, -0.15) is 0 Å². The van der Waals surface area contributed by atoms with E-state index in [1.165, 1.54) is 6.92 Å². The highest BCUT2D eigenvalue weighted by molar-refractivity contribution is 7.89. The van der Waals surface area contributed by atoms with Gasteiger partial charge in [0.25, 0.3) is 0 Å². The molecule has 1 aliphatic heterocycles. The highest BCUT2D eigenvalue weighted by atomic mass is 35.5. The van der Waals surface area contributed by atoms with E-state index in [4.69, 9.17) is 11.6 Å².